The van der Waals surface area contributed by atoms with Crippen molar-refractivity contribution in [3.8, 4) is 0 Å². The number of fused-ring (bicyclic) bond motifs is 1. The van der Waals surface area contributed by atoms with Gasteiger partial charge in [0.1, 0.15) is 0 Å². The SMILES string of the molecule is CCc1ccc2ccc(C(C)C3CCNCC3)n2n1. The van der Waals surface area contributed by atoms with Crippen molar-refractivity contribution in [1.82, 2.24) is 14.9 Å². The molecular formula is C16H23N3. The Balaban J connectivity index is 1.94. The highest BCUT2D eigenvalue weighted by molar-refractivity contribution is 5.49. The molecule has 1 N–H and O–H groups in total. The third-order valence-corrected chi connectivity index (χ3v) is 4.51. The lowest BCUT2D eigenvalue weighted by atomic mass is 9.84. The Hall–Kier alpha value is -1.35. The zero-order valence-corrected chi connectivity index (χ0v) is 11.9. The minimum absolute atomic E-state index is 0.587. The third kappa shape index (κ3) is 2.39. The molecule has 1 aliphatic heterocycles. The standard InChI is InChI=1S/C16H23N3/c1-3-14-4-5-15-6-7-16(19(15)18-14)12(2)13-8-10-17-11-9-13/h4-7,12-13,17H,3,8-11H2,1-2H3. The number of rotatable bonds is 3. The third-order valence-electron chi connectivity index (χ3n) is 4.51. The second-order valence-electron chi connectivity index (χ2n) is 5.65. The molecule has 0 radical (unpaired) electrons. The van der Waals surface area contributed by atoms with Gasteiger partial charge >= 0.3 is 0 Å². The summed E-state index contributed by atoms with van der Waals surface area (Å²) >= 11 is 0. The monoisotopic (exact) mass is 257 g/mol. The predicted octanol–water partition coefficient (Wildman–Crippen LogP) is 3.00. The zero-order chi connectivity index (χ0) is 13.2. The van der Waals surface area contributed by atoms with Gasteiger partial charge in [0.2, 0.25) is 0 Å². The van der Waals surface area contributed by atoms with Gasteiger partial charge in [0, 0.05) is 11.6 Å². The highest BCUT2D eigenvalue weighted by Crippen LogP contribution is 2.31. The van der Waals surface area contributed by atoms with E-state index in [1.54, 1.807) is 0 Å². The van der Waals surface area contributed by atoms with Crippen molar-refractivity contribution in [2.75, 3.05) is 13.1 Å². The number of nitrogens with one attached hydrogen (secondary N) is 1. The van der Waals surface area contributed by atoms with E-state index in [1.165, 1.54) is 29.7 Å². The van der Waals surface area contributed by atoms with Crippen molar-refractivity contribution in [2.45, 2.75) is 39.0 Å². The first kappa shape index (κ1) is 12.7. The van der Waals surface area contributed by atoms with Crippen LogP contribution in [0.2, 0.25) is 0 Å². The lowest BCUT2D eigenvalue weighted by Crippen LogP contribution is -2.30. The second kappa shape index (κ2) is 5.33. The molecule has 0 saturated carbocycles. The maximum atomic E-state index is 4.77. The molecule has 1 aliphatic rings. The molecule has 3 rings (SSSR count). The van der Waals surface area contributed by atoms with Crippen molar-refractivity contribution >= 4 is 5.52 Å². The Morgan fingerprint density at radius 2 is 2.00 bits per heavy atom. The van der Waals surface area contributed by atoms with Crippen molar-refractivity contribution in [3.05, 3.63) is 35.7 Å². The first-order valence-corrected chi connectivity index (χ1v) is 7.48. The molecule has 0 bridgehead atoms. The summed E-state index contributed by atoms with van der Waals surface area (Å²) in [6.07, 6.45) is 3.55. The van der Waals surface area contributed by atoms with Gasteiger partial charge in [0.25, 0.3) is 0 Å². The van der Waals surface area contributed by atoms with Gasteiger partial charge in [-0.25, -0.2) is 4.52 Å². The van der Waals surface area contributed by atoms with Crippen LogP contribution in [0.25, 0.3) is 5.52 Å². The summed E-state index contributed by atoms with van der Waals surface area (Å²) in [6.45, 7) is 6.84. The lowest BCUT2D eigenvalue weighted by molar-refractivity contribution is 0.324. The molecule has 0 aromatic carbocycles. The van der Waals surface area contributed by atoms with Crippen LogP contribution in [0.4, 0.5) is 0 Å². The molecule has 1 unspecified atom stereocenters. The maximum Gasteiger partial charge on any atom is 0.0650 e. The minimum Gasteiger partial charge on any atom is -0.317 e. The van der Waals surface area contributed by atoms with E-state index in [4.69, 9.17) is 5.10 Å². The van der Waals surface area contributed by atoms with Gasteiger partial charge in [0.05, 0.1) is 11.2 Å². The molecule has 3 heterocycles. The number of hydrogen-bond acceptors (Lipinski definition) is 2. The number of hydrogen-bond donors (Lipinski definition) is 1. The van der Waals surface area contributed by atoms with Gasteiger partial charge in [-0.05, 0) is 62.5 Å². The topological polar surface area (TPSA) is 29.3 Å². The Kier molecular flexibility index (Phi) is 3.56. The normalized spacial score (nSPS) is 18.8. The van der Waals surface area contributed by atoms with Crippen LogP contribution in [0.1, 0.15) is 44.0 Å². The van der Waals surface area contributed by atoms with Gasteiger partial charge in [-0.2, -0.15) is 5.10 Å². The van der Waals surface area contributed by atoms with Crippen LogP contribution in [0, 0.1) is 5.92 Å². The molecule has 1 fully saturated rings. The van der Waals surface area contributed by atoms with Crippen LogP contribution in [0.15, 0.2) is 24.3 Å². The molecular weight excluding hydrogens is 234 g/mol. The van der Waals surface area contributed by atoms with Gasteiger partial charge in [0.15, 0.2) is 0 Å². The Labute approximate surface area is 115 Å². The molecule has 0 amide bonds. The highest BCUT2D eigenvalue weighted by atomic mass is 15.2. The number of nitrogens with zero attached hydrogens (tertiary/aromatic N) is 2. The quantitative estimate of drug-likeness (QED) is 0.916. The van der Waals surface area contributed by atoms with Crippen molar-refractivity contribution in [3.63, 3.8) is 0 Å². The molecule has 102 valence electrons. The van der Waals surface area contributed by atoms with Crippen LogP contribution in [-0.2, 0) is 6.42 Å². The van der Waals surface area contributed by atoms with Crippen LogP contribution in [0.3, 0.4) is 0 Å². The first-order valence-electron chi connectivity index (χ1n) is 7.48. The summed E-state index contributed by atoms with van der Waals surface area (Å²) in [5, 5.41) is 8.22. The van der Waals surface area contributed by atoms with Gasteiger partial charge in [-0.3, -0.25) is 0 Å². The Morgan fingerprint density at radius 1 is 1.26 bits per heavy atom. The second-order valence-corrected chi connectivity index (χ2v) is 5.65. The molecule has 0 aliphatic carbocycles. The van der Waals surface area contributed by atoms with E-state index in [0.717, 1.165) is 25.4 Å². The van der Waals surface area contributed by atoms with Crippen molar-refractivity contribution < 1.29 is 0 Å². The summed E-state index contributed by atoms with van der Waals surface area (Å²) in [6, 6.07) is 8.77. The van der Waals surface area contributed by atoms with Crippen LogP contribution >= 0.6 is 0 Å². The van der Waals surface area contributed by atoms with Gasteiger partial charge < -0.3 is 5.32 Å². The fraction of sp³-hybridized carbons (Fsp3) is 0.562. The van der Waals surface area contributed by atoms with E-state index in [1.807, 2.05) is 0 Å². The van der Waals surface area contributed by atoms with Gasteiger partial charge in [-0.15, -0.1) is 0 Å². The van der Waals surface area contributed by atoms with Crippen LogP contribution < -0.4 is 5.32 Å². The predicted molar refractivity (Wildman–Crippen MR) is 78.6 cm³/mol. The number of piperidine rings is 1. The molecule has 2 aromatic heterocycles. The lowest BCUT2D eigenvalue weighted by Gasteiger charge is -2.28. The summed E-state index contributed by atoms with van der Waals surface area (Å²) in [5.74, 6) is 1.37. The van der Waals surface area contributed by atoms with E-state index >= 15 is 0 Å². The molecule has 2 aromatic rings. The van der Waals surface area contributed by atoms with Crippen LogP contribution in [-0.4, -0.2) is 22.7 Å². The zero-order valence-electron chi connectivity index (χ0n) is 11.9. The number of aromatic nitrogens is 2. The summed E-state index contributed by atoms with van der Waals surface area (Å²) in [7, 11) is 0. The summed E-state index contributed by atoms with van der Waals surface area (Å²) < 4.78 is 2.16. The highest BCUT2D eigenvalue weighted by Gasteiger charge is 2.23. The fourth-order valence-corrected chi connectivity index (χ4v) is 3.16. The van der Waals surface area contributed by atoms with Crippen LogP contribution in [0.5, 0.6) is 0 Å². The molecule has 3 heteroatoms. The molecule has 19 heavy (non-hydrogen) atoms. The molecule has 1 atom stereocenters. The largest absolute Gasteiger partial charge is 0.317 e. The summed E-state index contributed by atoms with van der Waals surface area (Å²) in [4.78, 5) is 0. The molecule has 0 spiro atoms. The Bertz CT molecular complexity index is 552. The minimum atomic E-state index is 0.587. The van der Waals surface area contributed by atoms with E-state index in [2.05, 4.69) is 47.9 Å². The smallest absolute Gasteiger partial charge is 0.0650 e. The Morgan fingerprint density at radius 3 is 2.74 bits per heavy atom. The van der Waals surface area contributed by atoms with E-state index in [0.29, 0.717) is 5.92 Å². The van der Waals surface area contributed by atoms with E-state index in [-0.39, 0.29) is 0 Å². The van der Waals surface area contributed by atoms with Crippen molar-refractivity contribution in [2.24, 2.45) is 5.92 Å². The van der Waals surface area contributed by atoms with Gasteiger partial charge in [-0.1, -0.05) is 13.8 Å². The van der Waals surface area contributed by atoms with E-state index in [9.17, 15) is 0 Å². The average Bonchev–Trinajstić information content (AvgIpc) is 2.90. The summed E-state index contributed by atoms with van der Waals surface area (Å²) in [5.41, 5.74) is 3.76. The first-order chi connectivity index (χ1) is 9.29. The average molecular weight is 257 g/mol. The number of aryl methyl sites for hydroxylation is 1. The molecule has 1 saturated heterocycles. The molecule has 3 nitrogen and oxygen atoms in total. The fourth-order valence-electron chi connectivity index (χ4n) is 3.16. The van der Waals surface area contributed by atoms with E-state index < -0.39 is 0 Å². The maximum absolute atomic E-state index is 4.77. The van der Waals surface area contributed by atoms with Crippen molar-refractivity contribution in [1.29, 1.82) is 0 Å².